The third kappa shape index (κ3) is 2.39. The second-order valence-electron chi connectivity index (χ2n) is 4.57. The lowest BCUT2D eigenvalue weighted by molar-refractivity contribution is -0.0432. The summed E-state index contributed by atoms with van der Waals surface area (Å²) in [5.74, 6) is -3.26. The van der Waals surface area contributed by atoms with Gasteiger partial charge >= 0.3 is 0 Å². The third-order valence-electron chi connectivity index (χ3n) is 3.20. The zero-order valence-electron chi connectivity index (χ0n) is 9.79. The van der Waals surface area contributed by atoms with Crippen LogP contribution in [-0.4, -0.2) is 21.3 Å². The summed E-state index contributed by atoms with van der Waals surface area (Å²) in [7, 11) is 0. The zero-order valence-corrected chi connectivity index (χ0v) is 9.79. The van der Waals surface area contributed by atoms with Crippen molar-refractivity contribution in [1.82, 2.24) is 9.55 Å². The van der Waals surface area contributed by atoms with Crippen LogP contribution in [0.2, 0.25) is 0 Å². The number of aromatic nitrogens is 2. The van der Waals surface area contributed by atoms with E-state index in [-0.39, 0.29) is 30.0 Å². The molecule has 1 fully saturated rings. The molecule has 0 saturated heterocycles. The molecule has 7 heteroatoms. The molecule has 0 unspecified atom stereocenters. The molecular formula is C11H15F2N5. The van der Waals surface area contributed by atoms with E-state index < -0.39 is 11.8 Å². The van der Waals surface area contributed by atoms with Crippen LogP contribution in [0.4, 0.5) is 14.6 Å². The van der Waals surface area contributed by atoms with Gasteiger partial charge in [0.1, 0.15) is 5.84 Å². The Labute approximate surface area is 103 Å². The SMILES string of the molecule is N=C([C@H]1CCCC(F)(F)C1)n1ccnc(N)c1=N. The monoisotopic (exact) mass is 255 g/mol. The lowest BCUT2D eigenvalue weighted by Gasteiger charge is -2.29. The van der Waals surface area contributed by atoms with E-state index in [0.717, 1.165) is 0 Å². The average Bonchev–Trinajstić information content (AvgIpc) is 2.30. The summed E-state index contributed by atoms with van der Waals surface area (Å²) in [6, 6.07) is 0. The molecular weight excluding hydrogens is 240 g/mol. The molecule has 1 aromatic rings. The topological polar surface area (TPSA) is 91.5 Å². The summed E-state index contributed by atoms with van der Waals surface area (Å²) in [5, 5.41) is 15.7. The Balaban J connectivity index is 2.26. The first kappa shape index (κ1) is 12.7. The molecule has 5 nitrogen and oxygen atoms in total. The van der Waals surface area contributed by atoms with Gasteiger partial charge in [0.05, 0.1) is 0 Å². The molecule has 0 aliphatic heterocycles. The van der Waals surface area contributed by atoms with Crippen molar-refractivity contribution in [2.75, 3.05) is 5.73 Å². The number of rotatable bonds is 1. The smallest absolute Gasteiger partial charge is 0.248 e. The Morgan fingerprint density at radius 2 is 2.28 bits per heavy atom. The Hall–Kier alpha value is -1.79. The van der Waals surface area contributed by atoms with Crippen molar-refractivity contribution in [2.45, 2.75) is 31.6 Å². The largest absolute Gasteiger partial charge is 0.381 e. The number of nitrogen functional groups attached to an aromatic ring is 1. The van der Waals surface area contributed by atoms with Crippen molar-refractivity contribution < 1.29 is 8.78 Å². The van der Waals surface area contributed by atoms with Crippen LogP contribution >= 0.6 is 0 Å². The van der Waals surface area contributed by atoms with Gasteiger partial charge in [-0.05, 0) is 12.8 Å². The number of hydrogen-bond donors (Lipinski definition) is 3. The number of nitrogens with zero attached hydrogens (tertiary/aromatic N) is 2. The molecule has 1 atom stereocenters. The Morgan fingerprint density at radius 1 is 1.56 bits per heavy atom. The fourth-order valence-corrected chi connectivity index (χ4v) is 2.24. The molecule has 1 aliphatic carbocycles. The predicted octanol–water partition coefficient (Wildman–Crippen LogP) is 1.60. The van der Waals surface area contributed by atoms with Crippen LogP contribution in [0.3, 0.4) is 0 Å². The van der Waals surface area contributed by atoms with E-state index in [4.69, 9.17) is 16.6 Å². The van der Waals surface area contributed by atoms with Crippen molar-refractivity contribution in [3.63, 3.8) is 0 Å². The minimum atomic E-state index is -2.71. The lowest BCUT2D eigenvalue weighted by atomic mass is 9.85. The van der Waals surface area contributed by atoms with E-state index in [1.165, 1.54) is 17.0 Å². The van der Waals surface area contributed by atoms with Crippen LogP contribution in [0.5, 0.6) is 0 Å². The normalized spacial score (nSPS) is 22.7. The molecule has 18 heavy (non-hydrogen) atoms. The zero-order chi connectivity index (χ0) is 13.3. The Morgan fingerprint density at radius 3 is 2.94 bits per heavy atom. The van der Waals surface area contributed by atoms with Crippen molar-refractivity contribution in [2.24, 2.45) is 5.92 Å². The first-order valence-electron chi connectivity index (χ1n) is 5.75. The molecule has 1 aliphatic rings. The molecule has 0 aromatic carbocycles. The van der Waals surface area contributed by atoms with Gasteiger partial charge in [-0.3, -0.25) is 15.4 Å². The number of halogens is 2. The predicted molar refractivity (Wildman–Crippen MR) is 62.5 cm³/mol. The molecule has 4 N–H and O–H groups in total. The summed E-state index contributed by atoms with van der Waals surface area (Å²) in [5.41, 5.74) is 5.35. The second kappa shape index (κ2) is 4.47. The molecule has 0 amide bonds. The molecule has 1 saturated carbocycles. The first-order chi connectivity index (χ1) is 8.41. The summed E-state index contributed by atoms with van der Waals surface area (Å²) >= 11 is 0. The number of nitrogens with two attached hydrogens (primary N) is 1. The maximum atomic E-state index is 13.3. The quantitative estimate of drug-likeness (QED) is 0.525. The minimum absolute atomic E-state index is 0.00604. The molecule has 98 valence electrons. The highest BCUT2D eigenvalue weighted by atomic mass is 19.3. The standard InChI is InChI=1S/C11H15F2N5/c12-11(13)3-1-2-7(6-11)9(15)18-5-4-17-8(14)10(18)16/h4-5,7,15-16H,1-3,6H2,(H2,14,17)/t7-/m0/s1. The Bertz CT molecular complexity index is 522. The number of alkyl halides is 2. The molecule has 0 radical (unpaired) electrons. The highest BCUT2D eigenvalue weighted by Crippen LogP contribution is 2.37. The number of anilines is 1. The van der Waals surface area contributed by atoms with Gasteiger partial charge in [0.25, 0.3) is 0 Å². The van der Waals surface area contributed by atoms with Gasteiger partial charge < -0.3 is 5.73 Å². The van der Waals surface area contributed by atoms with Crippen LogP contribution in [0.1, 0.15) is 25.7 Å². The maximum absolute atomic E-state index is 13.3. The average molecular weight is 255 g/mol. The van der Waals surface area contributed by atoms with E-state index in [1.807, 2.05) is 0 Å². The van der Waals surface area contributed by atoms with E-state index in [9.17, 15) is 8.78 Å². The van der Waals surface area contributed by atoms with Crippen LogP contribution in [-0.2, 0) is 0 Å². The van der Waals surface area contributed by atoms with Gasteiger partial charge in [-0.1, -0.05) is 0 Å². The van der Waals surface area contributed by atoms with Gasteiger partial charge in [0.2, 0.25) is 5.92 Å². The lowest BCUT2D eigenvalue weighted by Crippen LogP contribution is -2.38. The van der Waals surface area contributed by atoms with E-state index >= 15 is 0 Å². The highest BCUT2D eigenvalue weighted by Gasteiger charge is 2.38. The molecule has 1 heterocycles. The van der Waals surface area contributed by atoms with E-state index in [2.05, 4.69) is 4.98 Å². The molecule has 1 aromatic heterocycles. The van der Waals surface area contributed by atoms with Crippen LogP contribution in [0.15, 0.2) is 12.4 Å². The first-order valence-corrected chi connectivity index (χ1v) is 5.75. The van der Waals surface area contributed by atoms with Crippen molar-refractivity contribution in [3.8, 4) is 0 Å². The summed E-state index contributed by atoms with van der Waals surface area (Å²) in [4.78, 5) is 3.72. The fraction of sp³-hybridized carbons (Fsp3) is 0.545. The van der Waals surface area contributed by atoms with E-state index in [1.54, 1.807) is 0 Å². The van der Waals surface area contributed by atoms with Gasteiger partial charge in [-0.2, -0.15) is 0 Å². The van der Waals surface area contributed by atoms with Crippen LogP contribution < -0.4 is 11.2 Å². The van der Waals surface area contributed by atoms with Gasteiger partial charge in [-0.25, -0.2) is 13.8 Å². The Kier molecular flexibility index (Phi) is 3.14. The number of nitrogens with one attached hydrogen (secondary N) is 2. The van der Waals surface area contributed by atoms with Gasteiger partial charge in [-0.15, -0.1) is 0 Å². The van der Waals surface area contributed by atoms with Crippen molar-refractivity contribution in [1.29, 1.82) is 10.8 Å². The summed E-state index contributed by atoms with van der Waals surface area (Å²) in [6.45, 7) is 0. The summed E-state index contributed by atoms with van der Waals surface area (Å²) < 4.78 is 27.9. The highest BCUT2D eigenvalue weighted by molar-refractivity contribution is 5.84. The third-order valence-corrected chi connectivity index (χ3v) is 3.20. The summed E-state index contributed by atoms with van der Waals surface area (Å²) in [6.07, 6.45) is 3.27. The molecule has 2 rings (SSSR count). The van der Waals surface area contributed by atoms with Crippen LogP contribution in [0, 0.1) is 16.7 Å². The van der Waals surface area contributed by atoms with Gasteiger partial charge in [0.15, 0.2) is 11.3 Å². The van der Waals surface area contributed by atoms with Crippen molar-refractivity contribution in [3.05, 3.63) is 17.9 Å². The van der Waals surface area contributed by atoms with Crippen molar-refractivity contribution >= 4 is 11.7 Å². The van der Waals surface area contributed by atoms with E-state index in [0.29, 0.717) is 12.8 Å². The second-order valence-corrected chi connectivity index (χ2v) is 4.57. The van der Waals surface area contributed by atoms with Gasteiger partial charge in [0, 0.05) is 31.2 Å². The number of hydrogen-bond acceptors (Lipinski definition) is 4. The minimum Gasteiger partial charge on any atom is -0.381 e. The molecule has 0 bridgehead atoms. The maximum Gasteiger partial charge on any atom is 0.248 e. The fourth-order valence-electron chi connectivity index (χ4n) is 2.24. The molecule has 0 spiro atoms. The van der Waals surface area contributed by atoms with Crippen LogP contribution in [0.25, 0.3) is 0 Å².